The van der Waals surface area contributed by atoms with Gasteiger partial charge in [0.1, 0.15) is 6.54 Å². The van der Waals surface area contributed by atoms with Crippen LogP contribution in [0.1, 0.15) is 13.8 Å². The molecule has 0 aliphatic rings. The van der Waals surface area contributed by atoms with E-state index in [1.165, 1.54) is 0 Å². The van der Waals surface area contributed by atoms with Gasteiger partial charge in [-0.3, -0.25) is 9.79 Å². The van der Waals surface area contributed by atoms with Crippen molar-refractivity contribution in [2.75, 3.05) is 6.54 Å². The van der Waals surface area contributed by atoms with Gasteiger partial charge >= 0.3 is 5.97 Å². The van der Waals surface area contributed by atoms with Crippen LogP contribution in [0.15, 0.2) is 41.4 Å². The molecular weight excluding hydrogens is 190 g/mol. The molecule has 0 aliphatic heterocycles. The molecular formula is C12H17NO2. The maximum atomic E-state index is 10.5. The Hall–Kier alpha value is -1.64. The number of rotatable bonds is 3. The number of hydrogen-bond acceptors (Lipinski definition) is 3. The average Bonchev–Trinajstić information content (AvgIpc) is 2.20. The van der Waals surface area contributed by atoms with Crippen molar-refractivity contribution in [2.45, 2.75) is 20.0 Å². The van der Waals surface area contributed by atoms with Crippen LogP contribution in [0.2, 0.25) is 0 Å². The van der Waals surface area contributed by atoms with Gasteiger partial charge in [-0.15, -0.1) is 0 Å². The molecule has 0 saturated carbocycles. The zero-order valence-electron chi connectivity index (χ0n) is 9.22. The number of ether oxygens (including phenoxy) is 1. The summed E-state index contributed by atoms with van der Waals surface area (Å²) in [6.45, 7) is 6.80. The minimum absolute atomic E-state index is 0.0538. The molecule has 0 spiro atoms. The third-order valence-electron chi connectivity index (χ3n) is 1.27. The predicted molar refractivity (Wildman–Crippen MR) is 62.1 cm³/mol. The molecule has 1 aromatic carbocycles. The van der Waals surface area contributed by atoms with Gasteiger partial charge < -0.3 is 4.74 Å². The van der Waals surface area contributed by atoms with Crippen LogP contribution in [0.25, 0.3) is 0 Å². The van der Waals surface area contributed by atoms with Crippen molar-refractivity contribution in [1.82, 2.24) is 0 Å². The van der Waals surface area contributed by atoms with Crippen molar-refractivity contribution in [3.05, 3.63) is 36.4 Å². The summed E-state index contributed by atoms with van der Waals surface area (Å²) in [5.74, 6) is -0.319. The van der Waals surface area contributed by atoms with Crippen LogP contribution >= 0.6 is 0 Å². The minimum Gasteiger partial charge on any atom is -0.462 e. The highest BCUT2D eigenvalue weighted by molar-refractivity contribution is 5.72. The van der Waals surface area contributed by atoms with Gasteiger partial charge in [-0.05, 0) is 20.6 Å². The summed E-state index contributed by atoms with van der Waals surface area (Å²) >= 11 is 0. The van der Waals surface area contributed by atoms with Crippen molar-refractivity contribution in [3.63, 3.8) is 0 Å². The lowest BCUT2D eigenvalue weighted by Crippen LogP contribution is -2.13. The molecule has 0 unspecified atom stereocenters. The van der Waals surface area contributed by atoms with Gasteiger partial charge in [0.2, 0.25) is 0 Å². The SMILES string of the molecule is C=NCC(=O)OC(C)C.c1ccccc1. The van der Waals surface area contributed by atoms with Gasteiger partial charge in [-0.1, -0.05) is 36.4 Å². The number of nitrogens with zero attached hydrogens (tertiary/aromatic N) is 1. The molecule has 1 rings (SSSR count). The van der Waals surface area contributed by atoms with E-state index in [9.17, 15) is 4.79 Å². The maximum absolute atomic E-state index is 10.5. The molecule has 0 radical (unpaired) electrons. The molecule has 3 nitrogen and oxygen atoms in total. The van der Waals surface area contributed by atoms with Gasteiger partial charge in [0.15, 0.2) is 0 Å². The van der Waals surface area contributed by atoms with Crippen LogP contribution in [0.3, 0.4) is 0 Å². The van der Waals surface area contributed by atoms with Crippen LogP contribution < -0.4 is 0 Å². The van der Waals surface area contributed by atoms with Crippen LogP contribution in [-0.4, -0.2) is 25.3 Å². The molecule has 1 aromatic rings. The second-order valence-electron chi connectivity index (χ2n) is 3.08. The second-order valence-corrected chi connectivity index (χ2v) is 3.08. The highest BCUT2D eigenvalue weighted by atomic mass is 16.5. The Balaban J connectivity index is 0.000000280. The number of carbonyl (C=O) groups is 1. The van der Waals surface area contributed by atoms with E-state index in [2.05, 4.69) is 11.7 Å². The number of esters is 1. The first-order valence-corrected chi connectivity index (χ1v) is 4.78. The van der Waals surface area contributed by atoms with Gasteiger partial charge in [-0.25, -0.2) is 0 Å². The van der Waals surface area contributed by atoms with Crippen LogP contribution in [0.5, 0.6) is 0 Å². The van der Waals surface area contributed by atoms with E-state index in [4.69, 9.17) is 4.74 Å². The van der Waals surface area contributed by atoms with E-state index >= 15 is 0 Å². The molecule has 0 fully saturated rings. The van der Waals surface area contributed by atoms with Crippen molar-refractivity contribution in [3.8, 4) is 0 Å². The number of carbonyl (C=O) groups excluding carboxylic acids is 1. The van der Waals surface area contributed by atoms with Crippen molar-refractivity contribution < 1.29 is 9.53 Å². The van der Waals surface area contributed by atoms with Crippen LogP contribution in [0, 0.1) is 0 Å². The van der Waals surface area contributed by atoms with E-state index in [0.29, 0.717) is 0 Å². The molecule has 0 amide bonds. The number of aliphatic imine (C=N–C) groups is 1. The molecule has 3 heteroatoms. The second kappa shape index (κ2) is 8.94. The van der Waals surface area contributed by atoms with Crippen LogP contribution in [0.4, 0.5) is 0 Å². The third-order valence-corrected chi connectivity index (χ3v) is 1.27. The molecule has 0 bridgehead atoms. The standard InChI is InChI=1S/C6H11NO2.C6H6/c1-5(2)9-6(8)4-7-3;1-2-4-6-5-3-1/h5H,3-4H2,1-2H3;1-6H. The zero-order valence-corrected chi connectivity index (χ0v) is 9.22. The van der Waals surface area contributed by atoms with Gasteiger partial charge in [0.25, 0.3) is 0 Å². The van der Waals surface area contributed by atoms with E-state index in [-0.39, 0.29) is 18.6 Å². The largest absolute Gasteiger partial charge is 0.462 e. The summed E-state index contributed by atoms with van der Waals surface area (Å²) in [4.78, 5) is 13.9. The Labute approximate surface area is 90.8 Å². The van der Waals surface area contributed by atoms with E-state index in [1.807, 2.05) is 36.4 Å². The maximum Gasteiger partial charge on any atom is 0.327 e. The Morgan fingerprint density at radius 3 is 1.87 bits per heavy atom. The molecule has 0 N–H and O–H groups in total. The van der Waals surface area contributed by atoms with Crippen LogP contribution in [-0.2, 0) is 9.53 Å². The summed E-state index contributed by atoms with van der Waals surface area (Å²) in [6.07, 6.45) is -0.0563. The van der Waals surface area contributed by atoms with Gasteiger partial charge in [0, 0.05) is 0 Å². The first-order chi connectivity index (χ1) is 7.16. The first-order valence-electron chi connectivity index (χ1n) is 4.78. The van der Waals surface area contributed by atoms with E-state index in [1.54, 1.807) is 13.8 Å². The quantitative estimate of drug-likeness (QED) is 0.563. The highest BCUT2D eigenvalue weighted by Gasteiger charge is 2.01. The molecule has 0 atom stereocenters. The zero-order chi connectivity index (χ0) is 11.5. The van der Waals surface area contributed by atoms with E-state index in [0.717, 1.165) is 0 Å². The van der Waals surface area contributed by atoms with Crippen molar-refractivity contribution in [2.24, 2.45) is 4.99 Å². The fourth-order valence-corrected chi connectivity index (χ4v) is 0.776. The Bertz CT molecular complexity index is 244. The Morgan fingerprint density at radius 2 is 1.60 bits per heavy atom. The summed E-state index contributed by atoms with van der Waals surface area (Å²) < 4.78 is 4.72. The summed E-state index contributed by atoms with van der Waals surface area (Å²) in [5.41, 5.74) is 0. The molecule has 15 heavy (non-hydrogen) atoms. The minimum atomic E-state index is -0.319. The van der Waals surface area contributed by atoms with Crippen molar-refractivity contribution >= 4 is 12.7 Å². The molecule has 82 valence electrons. The van der Waals surface area contributed by atoms with Crippen molar-refractivity contribution in [1.29, 1.82) is 0 Å². The fraction of sp³-hybridized carbons (Fsp3) is 0.333. The lowest BCUT2D eigenvalue weighted by molar-refractivity contribution is -0.145. The van der Waals surface area contributed by atoms with Gasteiger partial charge in [0.05, 0.1) is 6.10 Å². The smallest absolute Gasteiger partial charge is 0.327 e. The molecule has 0 aliphatic carbocycles. The normalized spacial score (nSPS) is 8.73. The molecule has 0 aromatic heterocycles. The van der Waals surface area contributed by atoms with E-state index < -0.39 is 0 Å². The topological polar surface area (TPSA) is 38.7 Å². The lowest BCUT2D eigenvalue weighted by atomic mass is 10.4. The average molecular weight is 207 g/mol. The predicted octanol–water partition coefficient (Wildman–Crippen LogP) is 2.33. The summed E-state index contributed by atoms with van der Waals surface area (Å²) in [7, 11) is 0. The number of hydrogen-bond donors (Lipinski definition) is 0. The summed E-state index contributed by atoms with van der Waals surface area (Å²) in [5, 5.41) is 0. The highest BCUT2D eigenvalue weighted by Crippen LogP contribution is 1.88. The number of benzene rings is 1. The molecule has 0 saturated heterocycles. The van der Waals surface area contributed by atoms with Gasteiger partial charge in [-0.2, -0.15) is 0 Å². The molecule has 0 heterocycles. The fourth-order valence-electron chi connectivity index (χ4n) is 0.776. The Kier molecular flexibility index (Phi) is 7.96. The monoisotopic (exact) mass is 207 g/mol. The summed E-state index contributed by atoms with van der Waals surface area (Å²) in [6, 6.07) is 12.0. The Morgan fingerprint density at radius 1 is 1.20 bits per heavy atom. The third kappa shape index (κ3) is 10.3. The first kappa shape index (κ1) is 13.4. The lowest BCUT2D eigenvalue weighted by Gasteiger charge is -2.04.